The van der Waals surface area contributed by atoms with Gasteiger partial charge in [-0.1, -0.05) is 24.3 Å². The maximum Gasteiger partial charge on any atom is 0.0797 e. The van der Waals surface area contributed by atoms with Crippen LogP contribution in [0.5, 0.6) is 0 Å². The molecule has 1 atom stereocenters. The Morgan fingerprint density at radius 1 is 1.37 bits per heavy atom. The van der Waals surface area contributed by atoms with Crippen molar-refractivity contribution in [3.8, 4) is 0 Å². The lowest BCUT2D eigenvalue weighted by atomic mass is 9.74. The Labute approximate surface area is 118 Å². The van der Waals surface area contributed by atoms with Gasteiger partial charge in [0.05, 0.1) is 11.2 Å². The van der Waals surface area contributed by atoms with Crippen LogP contribution in [0.15, 0.2) is 29.8 Å². The van der Waals surface area contributed by atoms with Crippen LogP contribution in [0.25, 0.3) is 0 Å². The first-order valence-corrected chi connectivity index (χ1v) is 7.83. The summed E-state index contributed by atoms with van der Waals surface area (Å²) in [4.78, 5) is 5.71. The lowest BCUT2D eigenvalue weighted by molar-refractivity contribution is 0.347. The molecular formula is C16H20N2S. The van der Waals surface area contributed by atoms with Crippen molar-refractivity contribution >= 4 is 11.3 Å². The molecule has 2 aromatic rings. The number of nitrogens with two attached hydrogens (primary N) is 1. The van der Waals surface area contributed by atoms with Gasteiger partial charge < -0.3 is 5.73 Å². The molecule has 0 radical (unpaired) electrons. The standard InChI is InChI=1S/C16H20N2S/c1-12-15(19-11-18-12)8-10-16(17)9-4-6-13-5-2-3-7-14(13)16/h2-3,5,7,11H,4,6,8-10,17H2,1H3. The van der Waals surface area contributed by atoms with Crippen molar-refractivity contribution in [2.24, 2.45) is 5.73 Å². The molecule has 1 unspecified atom stereocenters. The summed E-state index contributed by atoms with van der Waals surface area (Å²) in [6, 6.07) is 8.68. The van der Waals surface area contributed by atoms with E-state index < -0.39 is 0 Å². The van der Waals surface area contributed by atoms with Gasteiger partial charge >= 0.3 is 0 Å². The first-order chi connectivity index (χ1) is 9.19. The molecule has 19 heavy (non-hydrogen) atoms. The Morgan fingerprint density at radius 3 is 3.00 bits per heavy atom. The second-order valence-electron chi connectivity index (χ2n) is 5.53. The van der Waals surface area contributed by atoms with Crippen LogP contribution in [0.2, 0.25) is 0 Å². The second-order valence-corrected chi connectivity index (χ2v) is 6.47. The summed E-state index contributed by atoms with van der Waals surface area (Å²) in [7, 11) is 0. The highest BCUT2D eigenvalue weighted by atomic mass is 32.1. The van der Waals surface area contributed by atoms with Gasteiger partial charge in [-0.2, -0.15) is 0 Å². The summed E-state index contributed by atoms with van der Waals surface area (Å²) in [5.41, 5.74) is 12.5. The van der Waals surface area contributed by atoms with Crippen molar-refractivity contribution in [3.05, 3.63) is 51.5 Å². The Balaban J connectivity index is 1.82. The van der Waals surface area contributed by atoms with Crippen LogP contribution < -0.4 is 5.73 Å². The van der Waals surface area contributed by atoms with Gasteiger partial charge in [0.15, 0.2) is 0 Å². The van der Waals surface area contributed by atoms with Gasteiger partial charge in [0.1, 0.15) is 0 Å². The summed E-state index contributed by atoms with van der Waals surface area (Å²) in [5.74, 6) is 0. The Hall–Kier alpha value is -1.19. The summed E-state index contributed by atoms with van der Waals surface area (Å²) in [6.45, 7) is 2.09. The van der Waals surface area contributed by atoms with Gasteiger partial charge in [-0.25, -0.2) is 4.98 Å². The summed E-state index contributed by atoms with van der Waals surface area (Å²) in [5, 5.41) is 0. The fourth-order valence-corrected chi connectivity index (χ4v) is 3.90. The van der Waals surface area contributed by atoms with E-state index in [0.717, 1.165) is 25.0 Å². The van der Waals surface area contributed by atoms with Crippen molar-refractivity contribution in [2.75, 3.05) is 0 Å². The minimum absolute atomic E-state index is 0.148. The van der Waals surface area contributed by atoms with Crippen LogP contribution in [-0.4, -0.2) is 4.98 Å². The highest BCUT2D eigenvalue weighted by Crippen LogP contribution is 2.37. The van der Waals surface area contributed by atoms with Gasteiger partial charge in [-0.15, -0.1) is 11.3 Å². The number of benzene rings is 1. The number of nitrogens with zero attached hydrogens (tertiary/aromatic N) is 1. The van der Waals surface area contributed by atoms with Crippen molar-refractivity contribution in [1.29, 1.82) is 0 Å². The van der Waals surface area contributed by atoms with Crippen molar-refractivity contribution in [3.63, 3.8) is 0 Å². The van der Waals surface area contributed by atoms with Crippen molar-refractivity contribution in [1.82, 2.24) is 4.98 Å². The van der Waals surface area contributed by atoms with Gasteiger partial charge in [0.2, 0.25) is 0 Å². The van der Waals surface area contributed by atoms with Crippen LogP contribution >= 0.6 is 11.3 Å². The molecule has 2 nitrogen and oxygen atoms in total. The van der Waals surface area contributed by atoms with Gasteiger partial charge in [-0.3, -0.25) is 0 Å². The van der Waals surface area contributed by atoms with Gasteiger partial charge in [0, 0.05) is 10.4 Å². The number of fused-ring (bicyclic) bond motifs is 1. The molecule has 1 aliphatic rings. The van der Waals surface area contributed by atoms with E-state index in [9.17, 15) is 0 Å². The molecular weight excluding hydrogens is 252 g/mol. The van der Waals surface area contributed by atoms with Gasteiger partial charge in [0.25, 0.3) is 0 Å². The monoisotopic (exact) mass is 272 g/mol. The minimum atomic E-state index is -0.148. The number of aryl methyl sites for hydroxylation is 3. The average Bonchev–Trinajstić information content (AvgIpc) is 2.83. The highest BCUT2D eigenvalue weighted by molar-refractivity contribution is 7.09. The van der Waals surface area contributed by atoms with E-state index in [0.29, 0.717) is 0 Å². The molecule has 0 fully saturated rings. The molecule has 1 aromatic carbocycles. The maximum absolute atomic E-state index is 6.72. The lowest BCUT2D eigenvalue weighted by Gasteiger charge is -2.36. The molecule has 0 saturated heterocycles. The second kappa shape index (κ2) is 5.06. The van der Waals surface area contributed by atoms with Crippen LogP contribution in [0.1, 0.15) is 41.0 Å². The third kappa shape index (κ3) is 2.45. The van der Waals surface area contributed by atoms with Crippen LogP contribution in [-0.2, 0) is 18.4 Å². The third-order valence-electron chi connectivity index (χ3n) is 4.27. The number of thiazole rings is 1. The molecule has 2 N–H and O–H groups in total. The zero-order valence-electron chi connectivity index (χ0n) is 11.4. The van der Waals surface area contributed by atoms with Crippen LogP contribution in [0, 0.1) is 6.92 Å². The molecule has 3 heteroatoms. The average molecular weight is 272 g/mol. The number of aromatic nitrogens is 1. The lowest BCUT2D eigenvalue weighted by Crippen LogP contribution is -2.40. The van der Waals surface area contributed by atoms with E-state index in [2.05, 4.69) is 36.2 Å². The zero-order chi connectivity index (χ0) is 13.3. The molecule has 0 spiro atoms. The Morgan fingerprint density at radius 2 is 2.21 bits per heavy atom. The SMILES string of the molecule is Cc1ncsc1CCC1(N)CCCc2ccccc21. The fraction of sp³-hybridized carbons (Fsp3) is 0.438. The molecule has 100 valence electrons. The van der Waals surface area contributed by atoms with E-state index in [1.807, 2.05) is 5.51 Å². The first-order valence-electron chi connectivity index (χ1n) is 6.95. The Kier molecular flexibility index (Phi) is 3.42. The maximum atomic E-state index is 6.72. The fourth-order valence-electron chi connectivity index (χ4n) is 3.12. The minimum Gasteiger partial charge on any atom is -0.321 e. The molecule has 0 saturated carbocycles. The molecule has 0 aliphatic heterocycles. The number of rotatable bonds is 3. The van der Waals surface area contributed by atoms with E-state index in [-0.39, 0.29) is 5.54 Å². The molecule has 1 aliphatic carbocycles. The predicted octanol–water partition coefficient (Wildman–Crippen LogP) is 3.57. The largest absolute Gasteiger partial charge is 0.321 e. The Bertz CT molecular complexity index is 576. The van der Waals surface area contributed by atoms with Crippen molar-refractivity contribution < 1.29 is 0 Å². The van der Waals surface area contributed by atoms with E-state index in [4.69, 9.17) is 5.73 Å². The van der Waals surface area contributed by atoms with Crippen LogP contribution in [0.4, 0.5) is 0 Å². The van der Waals surface area contributed by atoms with Gasteiger partial charge in [-0.05, 0) is 50.2 Å². The van der Waals surface area contributed by atoms with Crippen LogP contribution in [0.3, 0.4) is 0 Å². The molecule has 3 rings (SSSR count). The molecule has 1 heterocycles. The smallest absolute Gasteiger partial charge is 0.0797 e. The third-order valence-corrected chi connectivity index (χ3v) is 5.26. The summed E-state index contributed by atoms with van der Waals surface area (Å²) >= 11 is 1.75. The van der Waals surface area contributed by atoms with E-state index in [1.165, 1.54) is 28.8 Å². The topological polar surface area (TPSA) is 38.9 Å². The first kappa shape index (κ1) is 12.8. The van der Waals surface area contributed by atoms with Crippen molar-refractivity contribution in [2.45, 2.75) is 44.6 Å². The highest BCUT2D eigenvalue weighted by Gasteiger charge is 2.32. The summed E-state index contributed by atoms with van der Waals surface area (Å²) < 4.78 is 0. The zero-order valence-corrected chi connectivity index (χ0v) is 12.2. The molecule has 0 amide bonds. The van der Waals surface area contributed by atoms with E-state index >= 15 is 0 Å². The quantitative estimate of drug-likeness (QED) is 0.927. The summed E-state index contributed by atoms with van der Waals surface area (Å²) in [6.07, 6.45) is 5.54. The molecule has 1 aromatic heterocycles. The predicted molar refractivity (Wildman–Crippen MR) is 80.4 cm³/mol. The number of hydrogen-bond acceptors (Lipinski definition) is 3. The number of hydrogen-bond donors (Lipinski definition) is 1. The normalized spacial score (nSPS) is 22.2. The van der Waals surface area contributed by atoms with E-state index in [1.54, 1.807) is 11.3 Å². The molecule has 0 bridgehead atoms.